The predicted octanol–water partition coefficient (Wildman–Crippen LogP) is 7.50. The molecule has 1 aliphatic carbocycles. The molecule has 11 heteroatoms. The van der Waals surface area contributed by atoms with Crippen LogP contribution in [0, 0.1) is 23.2 Å². The van der Waals surface area contributed by atoms with E-state index in [1.165, 1.54) is 68.6 Å². The second-order valence-electron chi connectivity index (χ2n) is 13.9. The number of benzene rings is 3. The van der Waals surface area contributed by atoms with Crippen molar-refractivity contribution in [3.05, 3.63) is 99.6 Å². The normalized spacial score (nSPS) is 16.4. The summed E-state index contributed by atoms with van der Waals surface area (Å²) >= 11 is 2.96. The minimum atomic E-state index is -0.448. The molecule has 1 spiro atoms. The molecule has 2 N–H and O–H groups in total. The Bertz CT molecular complexity index is 2120. The lowest BCUT2D eigenvalue weighted by Crippen LogP contribution is -2.54. The number of carbonyl (C=O) groups is 2. The number of thiazole rings is 2. The van der Waals surface area contributed by atoms with Crippen LogP contribution in [0.4, 0.5) is 10.3 Å². The molecule has 2 aromatic heterocycles. The van der Waals surface area contributed by atoms with Gasteiger partial charge in [-0.05, 0) is 104 Å². The van der Waals surface area contributed by atoms with Crippen molar-refractivity contribution in [3.63, 3.8) is 0 Å². The third-order valence-electron chi connectivity index (χ3n) is 10.5. The molecule has 0 unspecified atom stereocenters. The lowest BCUT2D eigenvalue weighted by atomic mass is 9.67. The van der Waals surface area contributed by atoms with Crippen LogP contribution in [0.3, 0.4) is 0 Å². The molecule has 9 nitrogen and oxygen atoms in total. The molecule has 266 valence electrons. The Hall–Kier alpha value is -4.76. The Balaban J connectivity index is 0.879. The highest BCUT2D eigenvalue weighted by molar-refractivity contribution is 7.22. The minimum absolute atomic E-state index is 0.186. The van der Waals surface area contributed by atoms with E-state index >= 15 is 0 Å². The Morgan fingerprint density at radius 1 is 1.02 bits per heavy atom. The summed E-state index contributed by atoms with van der Waals surface area (Å²) in [6.45, 7) is 4.09. The van der Waals surface area contributed by atoms with Crippen LogP contribution in [0.2, 0.25) is 0 Å². The predicted molar refractivity (Wildman–Crippen MR) is 207 cm³/mol. The number of aryl methyl sites for hydroxylation is 1. The molecule has 52 heavy (non-hydrogen) atoms. The van der Waals surface area contributed by atoms with Crippen LogP contribution < -0.4 is 20.3 Å². The van der Waals surface area contributed by atoms with Gasteiger partial charge in [0.15, 0.2) is 16.0 Å². The van der Waals surface area contributed by atoms with Crippen molar-refractivity contribution in [1.82, 2.24) is 15.3 Å². The summed E-state index contributed by atoms with van der Waals surface area (Å²) in [5.74, 6) is 7.55. The maximum Gasteiger partial charge on any atom is 0.357 e. The number of rotatable bonds is 9. The van der Waals surface area contributed by atoms with Crippen LogP contribution >= 0.6 is 22.7 Å². The monoisotopic (exact) mass is 731 g/mol. The minimum Gasteiger partial charge on any atom is -0.494 e. The van der Waals surface area contributed by atoms with Crippen molar-refractivity contribution in [2.24, 2.45) is 11.3 Å². The van der Waals surface area contributed by atoms with Gasteiger partial charge in [-0.1, -0.05) is 47.4 Å². The van der Waals surface area contributed by atoms with Crippen LogP contribution in [0.1, 0.15) is 74.5 Å². The number of methoxy groups -OCH3 is 1. The molecule has 8 rings (SSSR count). The zero-order valence-corrected chi connectivity index (χ0v) is 30.8. The summed E-state index contributed by atoms with van der Waals surface area (Å²) in [6.07, 6.45) is 7.08. The Morgan fingerprint density at radius 3 is 2.62 bits per heavy atom. The SMILES string of the molecule is COC(=O)c1nc(N2CCc3cccc(C(=O)Nc4nc5ccccc5s4)c3C2)sc1CCCOc1ccc(C#CC2CCC3(CC2)CNC3)cc1. The van der Waals surface area contributed by atoms with E-state index in [4.69, 9.17) is 14.5 Å². The van der Waals surface area contributed by atoms with E-state index in [0.717, 1.165) is 55.6 Å². The van der Waals surface area contributed by atoms with Gasteiger partial charge in [-0.2, -0.15) is 0 Å². The van der Waals surface area contributed by atoms with E-state index in [0.29, 0.717) is 53.7 Å². The topological polar surface area (TPSA) is 106 Å². The second-order valence-corrected chi connectivity index (χ2v) is 16.0. The van der Waals surface area contributed by atoms with E-state index in [2.05, 4.69) is 38.4 Å². The number of anilines is 2. The van der Waals surface area contributed by atoms with Gasteiger partial charge in [0.1, 0.15) is 5.75 Å². The van der Waals surface area contributed by atoms with Gasteiger partial charge < -0.3 is 19.7 Å². The van der Waals surface area contributed by atoms with Crippen molar-refractivity contribution >= 4 is 55.0 Å². The molecular weight excluding hydrogens is 691 g/mol. The first kappa shape index (κ1) is 34.3. The van der Waals surface area contributed by atoms with Crippen LogP contribution in [0.15, 0.2) is 66.7 Å². The maximum absolute atomic E-state index is 13.5. The highest BCUT2D eigenvalue weighted by Gasteiger charge is 2.39. The summed E-state index contributed by atoms with van der Waals surface area (Å²) < 4.78 is 12.2. The highest BCUT2D eigenvalue weighted by Crippen LogP contribution is 2.41. The first-order valence-electron chi connectivity index (χ1n) is 18.0. The molecule has 4 heterocycles. The first-order valence-corrected chi connectivity index (χ1v) is 19.6. The van der Waals surface area contributed by atoms with Gasteiger partial charge in [0, 0.05) is 48.1 Å². The van der Waals surface area contributed by atoms with Crippen LogP contribution in [0.5, 0.6) is 5.75 Å². The number of hydrogen-bond acceptors (Lipinski definition) is 10. The number of nitrogens with one attached hydrogen (secondary N) is 2. The van der Waals surface area contributed by atoms with E-state index in [-0.39, 0.29) is 5.91 Å². The van der Waals surface area contributed by atoms with Crippen LogP contribution in [-0.4, -0.2) is 55.2 Å². The van der Waals surface area contributed by atoms with Gasteiger partial charge in [0.25, 0.3) is 5.91 Å². The zero-order chi connectivity index (χ0) is 35.5. The molecule has 0 bridgehead atoms. The molecule has 2 aliphatic heterocycles. The molecule has 1 amide bonds. The quantitative estimate of drug-likeness (QED) is 0.0913. The molecule has 2 fully saturated rings. The largest absolute Gasteiger partial charge is 0.494 e. The number of ether oxygens (including phenoxy) is 2. The first-order chi connectivity index (χ1) is 25.4. The lowest BCUT2D eigenvalue weighted by molar-refractivity contribution is 0.0593. The fraction of sp³-hybridized carbons (Fsp3) is 0.366. The number of hydrogen-bond donors (Lipinski definition) is 2. The Kier molecular flexibility index (Phi) is 9.95. The van der Waals surface area contributed by atoms with E-state index in [9.17, 15) is 9.59 Å². The number of fused-ring (bicyclic) bond motifs is 2. The molecule has 5 aromatic rings. The van der Waals surface area contributed by atoms with Crippen molar-refractivity contribution < 1.29 is 19.1 Å². The van der Waals surface area contributed by atoms with Gasteiger partial charge >= 0.3 is 5.97 Å². The number of aromatic nitrogens is 2. The fourth-order valence-electron chi connectivity index (χ4n) is 7.40. The Labute approximate surface area is 311 Å². The zero-order valence-electron chi connectivity index (χ0n) is 29.2. The molecule has 1 saturated heterocycles. The number of esters is 1. The summed E-state index contributed by atoms with van der Waals surface area (Å²) in [5, 5.41) is 7.76. The third-order valence-corrected chi connectivity index (χ3v) is 12.6. The summed E-state index contributed by atoms with van der Waals surface area (Å²) in [5.41, 5.74) is 5.50. The highest BCUT2D eigenvalue weighted by atomic mass is 32.1. The second kappa shape index (κ2) is 15.1. The van der Waals surface area contributed by atoms with Crippen LogP contribution in [0.25, 0.3) is 10.2 Å². The number of nitrogens with zero attached hydrogens (tertiary/aromatic N) is 3. The van der Waals surface area contributed by atoms with Gasteiger partial charge in [0.2, 0.25) is 0 Å². The van der Waals surface area contributed by atoms with Gasteiger partial charge in [-0.25, -0.2) is 14.8 Å². The number of carbonyl (C=O) groups excluding carboxylic acids is 2. The fourth-order valence-corrected chi connectivity index (χ4v) is 9.37. The van der Waals surface area contributed by atoms with Crippen LogP contribution in [-0.2, 0) is 24.1 Å². The lowest BCUT2D eigenvalue weighted by Gasteiger charge is -2.46. The van der Waals surface area contributed by atoms with Gasteiger partial charge in [-0.15, -0.1) is 11.3 Å². The smallest absolute Gasteiger partial charge is 0.357 e. The van der Waals surface area contributed by atoms with Gasteiger partial charge in [-0.3, -0.25) is 10.1 Å². The molecule has 3 aromatic carbocycles. The third kappa shape index (κ3) is 7.42. The molecule has 3 aliphatic rings. The van der Waals surface area contributed by atoms with Gasteiger partial charge in [0.05, 0.1) is 23.9 Å². The Morgan fingerprint density at radius 2 is 1.85 bits per heavy atom. The van der Waals surface area contributed by atoms with Crippen molar-refractivity contribution in [3.8, 4) is 17.6 Å². The number of amides is 1. The maximum atomic E-state index is 13.5. The standard InChI is InChI=1S/C41H41N5O4S2/c1-49-38(48)36-35(10-5-23-50-30-15-13-27(14-16-30)11-12-28-17-20-41(21-18-28)25-42-26-41)52-40(44-36)46-22-19-29-6-4-7-31(32(29)24-46)37(47)45-39-43-33-8-2-3-9-34(33)51-39/h2-4,6-9,13-16,28,42H,5,10,17-26H2,1H3,(H,43,45,47). The summed E-state index contributed by atoms with van der Waals surface area (Å²) in [7, 11) is 1.38. The summed E-state index contributed by atoms with van der Waals surface area (Å²) in [6, 6.07) is 21.7. The van der Waals surface area contributed by atoms with E-state index in [1.807, 2.05) is 60.7 Å². The molecular formula is C41H41N5O4S2. The number of para-hydroxylation sites is 1. The average Bonchev–Trinajstić information content (AvgIpc) is 3.79. The molecule has 1 saturated carbocycles. The van der Waals surface area contributed by atoms with Crippen molar-refractivity contribution in [1.29, 1.82) is 0 Å². The molecule has 0 atom stereocenters. The molecule has 0 radical (unpaired) electrons. The average molecular weight is 732 g/mol. The van der Waals surface area contributed by atoms with Crippen molar-refractivity contribution in [2.45, 2.75) is 51.5 Å². The van der Waals surface area contributed by atoms with E-state index < -0.39 is 5.97 Å². The van der Waals surface area contributed by atoms with E-state index in [1.54, 1.807) is 0 Å². The summed E-state index contributed by atoms with van der Waals surface area (Å²) in [4.78, 5) is 38.7. The van der Waals surface area contributed by atoms with Crippen molar-refractivity contribution in [2.75, 3.05) is 43.6 Å².